The second-order valence-corrected chi connectivity index (χ2v) is 8.14. The van der Waals surface area contributed by atoms with Gasteiger partial charge in [-0.2, -0.15) is 10.2 Å². The van der Waals surface area contributed by atoms with Crippen LogP contribution in [0.3, 0.4) is 0 Å². The van der Waals surface area contributed by atoms with Crippen molar-refractivity contribution in [1.29, 1.82) is 0 Å². The average Bonchev–Trinajstić information content (AvgIpc) is 3.34. The number of nitrogens with one attached hydrogen (secondary N) is 1. The number of hydrogen-bond acceptors (Lipinski definition) is 4. The lowest BCUT2D eigenvalue weighted by molar-refractivity contribution is -0.116. The molecule has 0 aliphatic heterocycles. The van der Waals surface area contributed by atoms with Gasteiger partial charge in [-0.25, -0.2) is 27.2 Å². The van der Waals surface area contributed by atoms with Gasteiger partial charge in [0.1, 0.15) is 12.2 Å². The van der Waals surface area contributed by atoms with Crippen LogP contribution in [-0.4, -0.2) is 30.5 Å². The standard InChI is InChI=1S/C21H16Cl2F4N6O/c1-10-18-11(19(24)25)7-15(20(26)27)28-21(18)33(30-10)9-17(34)29-16-5-6-32(31-16)8-12-13(22)3-2-4-14(12)23/h2-7,19-20H,8-9H2,1H3,(H,29,31,34). The minimum absolute atomic E-state index is 0.0619. The van der Waals surface area contributed by atoms with Crippen LogP contribution in [0, 0.1) is 6.92 Å². The molecule has 1 amide bonds. The van der Waals surface area contributed by atoms with Gasteiger partial charge in [-0.1, -0.05) is 29.3 Å². The first-order valence-electron chi connectivity index (χ1n) is 9.84. The number of halogens is 6. The average molecular weight is 515 g/mol. The summed E-state index contributed by atoms with van der Waals surface area (Å²) in [4.78, 5) is 16.3. The SMILES string of the molecule is Cc1nn(CC(=O)Nc2ccn(Cc3c(Cl)cccc3Cl)n2)c2nc(C(F)F)cc(C(F)F)c12. The Hall–Kier alpha value is -3.18. The summed E-state index contributed by atoms with van der Waals surface area (Å²) in [6, 6.07) is 7.30. The number of anilines is 1. The number of carbonyl (C=O) groups is 1. The van der Waals surface area contributed by atoms with Crippen molar-refractivity contribution in [2.75, 3.05) is 5.32 Å². The molecule has 0 saturated heterocycles. The molecule has 0 spiro atoms. The van der Waals surface area contributed by atoms with E-state index in [0.717, 1.165) is 4.68 Å². The van der Waals surface area contributed by atoms with Crippen molar-refractivity contribution in [2.24, 2.45) is 0 Å². The quantitative estimate of drug-likeness (QED) is 0.316. The van der Waals surface area contributed by atoms with Crippen LogP contribution in [0.25, 0.3) is 11.0 Å². The first kappa shape index (κ1) is 24.0. The van der Waals surface area contributed by atoms with Gasteiger partial charge in [0.05, 0.1) is 17.6 Å². The fourth-order valence-corrected chi connectivity index (χ4v) is 4.00. The van der Waals surface area contributed by atoms with E-state index < -0.39 is 36.6 Å². The Morgan fingerprint density at radius 1 is 1.09 bits per heavy atom. The van der Waals surface area contributed by atoms with E-state index in [-0.39, 0.29) is 29.1 Å². The van der Waals surface area contributed by atoms with E-state index in [2.05, 4.69) is 20.5 Å². The van der Waals surface area contributed by atoms with Crippen molar-refractivity contribution in [3.63, 3.8) is 0 Å². The van der Waals surface area contributed by atoms with Crippen molar-refractivity contribution in [1.82, 2.24) is 24.5 Å². The summed E-state index contributed by atoms with van der Waals surface area (Å²) in [5, 5.41) is 11.7. The Labute approximate surface area is 200 Å². The van der Waals surface area contributed by atoms with Crippen LogP contribution in [0.1, 0.15) is 35.4 Å². The largest absolute Gasteiger partial charge is 0.308 e. The minimum atomic E-state index is -3.06. The van der Waals surface area contributed by atoms with Crippen molar-refractivity contribution in [3.05, 3.63) is 69.1 Å². The molecular weight excluding hydrogens is 499 g/mol. The fourth-order valence-electron chi connectivity index (χ4n) is 3.48. The maximum absolute atomic E-state index is 13.5. The molecule has 3 aromatic heterocycles. The van der Waals surface area contributed by atoms with Crippen LogP contribution in [0.4, 0.5) is 23.4 Å². The zero-order valence-electron chi connectivity index (χ0n) is 17.4. The van der Waals surface area contributed by atoms with Crippen molar-refractivity contribution in [2.45, 2.75) is 32.9 Å². The number of hydrogen-bond donors (Lipinski definition) is 1. The van der Waals surface area contributed by atoms with Gasteiger partial charge in [0.2, 0.25) is 5.91 Å². The Morgan fingerprint density at radius 2 is 1.79 bits per heavy atom. The summed E-state index contributed by atoms with van der Waals surface area (Å²) < 4.78 is 55.9. The highest BCUT2D eigenvalue weighted by Crippen LogP contribution is 2.32. The van der Waals surface area contributed by atoms with E-state index >= 15 is 0 Å². The predicted molar refractivity (Wildman–Crippen MR) is 119 cm³/mol. The number of carbonyl (C=O) groups excluding carboxylic acids is 1. The summed E-state index contributed by atoms with van der Waals surface area (Å²) in [7, 11) is 0. The van der Waals surface area contributed by atoms with E-state index in [1.807, 2.05) is 0 Å². The molecule has 7 nitrogen and oxygen atoms in total. The number of pyridine rings is 1. The van der Waals surface area contributed by atoms with E-state index in [1.165, 1.54) is 17.7 Å². The highest BCUT2D eigenvalue weighted by molar-refractivity contribution is 6.35. The first-order valence-corrected chi connectivity index (χ1v) is 10.6. The van der Waals surface area contributed by atoms with Crippen LogP contribution in [0.5, 0.6) is 0 Å². The second-order valence-electron chi connectivity index (χ2n) is 7.33. The van der Waals surface area contributed by atoms with Crippen molar-refractivity contribution in [3.8, 4) is 0 Å². The summed E-state index contributed by atoms with van der Waals surface area (Å²) >= 11 is 12.3. The highest BCUT2D eigenvalue weighted by Gasteiger charge is 2.24. The lowest BCUT2D eigenvalue weighted by atomic mass is 10.1. The first-order chi connectivity index (χ1) is 16.1. The van der Waals surface area contributed by atoms with Gasteiger partial charge >= 0.3 is 0 Å². The molecule has 3 heterocycles. The molecule has 4 rings (SSSR count). The molecule has 13 heteroatoms. The van der Waals surface area contributed by atoms with Gasteiger partial charge in [0.25, 0.3) is 12.9 Å². The van der Waals surface area contributed by atoms with Crippen molar-refractivity contribution >= 4 is 46.0 Å². The molecule has 0 radical (unpaired) electrons. The molecule has 0 fully saturated rings. The predicted octanol–water partition coefficient (Wildman–Crippen LogP) is 5.81. The molecule has 0 saturated carbocycles. The molecule has 0 atom stereocenters. The lowest BCUT2D eigenvalue weighted by Crippen LogP contribution is -2.20. The maximum atomic E-state index is 13.5. The maximum Gasteiger partial charge on any atom is 0.280 e. The van der Waals surface area contributed by atoms with E-state index in [0.29, 0.717) is 21.7 Å². The molecule has 1 aromatic carbocycles. The molecule has 0 aliphatic rings. The highest BCUT2D eigenvalue weighted by atomic mass is 35.5. The molecule has 34 heavy (non-hydrogen) atoms. The Kier molecular flexibility index (Phi) is 6.76. The summed E-state index contributed by atoms with van der Waals surface area (Å²) in [6.45, 7) is 1.25. The minimum Gasteiger partial charge on any atom is -0.308 e. The monoisotopic (exact) mass is 514 g/mol. The molecule has 0 unspecified atom stereocenters. The zero-order chi connectivity index (χ0) is 24.6. The molecule has 178 valence electrons. The number of fused-ring (bicyclic) bond motifs is 1. The van der Waals surface area contributed by atoms with Gasteiger partial charge in [0.15, 0.2) is 11.5 Å². The lowest BCUT2D eigenvalue weighted by Gasteiger charge is -2.08. The van der Waals surface area contributed by atoms with E-state index in [1.54, 1.807) is 24.4 Å². The normalized spacial score (nSPS) is 11.7. The molecule has 0 aliphatic carbocycles. The summed E-state index contributed by atoms with van der Waals surface area (Å²) in [5.41, 5.74) is -0.851. The zero-order valence-corrected chi connectivity index (χ0v) is 19.0. The summed E-state index contributed by atoms with van der Waals surface area (Å²) in [5.74, 6) is -0.399. The Balaban J connectivity index is 1.54. The number of aromatic nitrogens is 5. The number of rotatable bonds is 7. The van der Waals surface area contributed by atoms with Crippen LogP contribution < -0.4 is 5.32 Å². The third-order valence-electron chi connectivity index (χ3n) is 4.97. The van der Waals surface area contributed by atoms with Gasteiger partial charge in [-0.05, 0) is 25.1 Å². The molecule has 0 bridgehead atoms. The topological polar surface area (TPSA) is 77.6 Å². The number of alkyl halides is 4. The van der Waals surface area contributed by atoms with Gasteiger partial charge in [-0.15, -0.1) is 0 Å². The fraction of sp³-hybridized carbons (Fsp3) is 0.238. The number of nitrogens with zero attached hydrogens (tertiary/aromatic N) is 5. The molecule has 4 aromatic rings. The van der Waals surface area contributed by atoms with Crippen LogP contribution in [-0.2, 0) is 17.9 Å². The Morgan fingerprint density at radius 3 is 2.44 bits per heavy atom. The van der Waals surface area contributed by atoms with E-state index in [4.69, 9.17) is 23.2 Å². The third-order valence-corrected chi connectivity index (χ3v) is 5.68. The number of amides is 1. The molecule has 1 N–H and O–H groups in total. The van der Waals surface area contributed by atoms with Crippen molar-refractivity contribution < 1.29 is 22.4 Å². The Bertz CT molecular complexity index is 1350. The smallest absolute Gasteiger partial charge is 0.280 e. The molecular formula is C21H16Cl2F4N6O. The number of aryl methyl sites for hydroxylation is 1. The second kappa shape index (κ2) is 9.59. The van der Waals surface area contributed by atoms with Crippen LogP contribution in [0.15, 0.2) is 36.5 Å². The number of benzene rings is 1. The van der Waals surface area contributed by atoms with Crippen LogP contribution in [0.2, 0.25) is 10.0 Å². The van der Waals surface area contributed by atoms with Gasteiger partial charge in [-0.3, -0.25) is 9.48 Å². The van der Waals surface area contributed by atoms with Crippen LogP contribution >= 0.6 is 23.2 Å². The van der Waals surface area contributed by atoms with Gasteiger partial charge in [0, 0.05) is 33.4 Å². The summed E-state index contributed by atoms with van der Waals surface area (Å²) in [6.07, 6.45) is -4.47. The van der Waals surface area contributed by atoms with E-state index in [9.17, 15) is 22.4 Å². The third kappa shape index (κ3) is 4.85. The van der Waals surface area contributed by atoms with Gasteiger partial charge < -0.3 is 5.32 Å².